The lowest BCUT2D eigenvalue weighted by Gasteiger charge is -2.25. The molecule has 0 spiro atoms. The van der Waals surface area contributed by atoms with Crippen molar-refractivity contribution in [1.82, 2.24) is 14.9 Å². The highest BCUT2D eigenvalue weighted by atomic mass is 32.2. The average Bonchev–Trinajstić information content (AvgIpc) is 2.33. The summed E-state index contributed by atoms with van der Waals surface area (Å²) < 4.78 is 11.2. The molecule has 88 valence electrons. The second-order valence-electron chi connectivity index (χ2n) is 3.66. The molecular weight excluding hydrogens is 226 g/mol. The summed E-state index contributed by atoms with van der Waals surface area (Å²) in [6.45, 7) is 2.49. The minimum Gasteiger partial charge on any atom is -0.307 e. The van der Waals surface area contributed by atoms with Crippen molar-refractivity contribution in [3.8, 4) is 0 Å². The number of hydrogen-bond acceptors (Lipinski definition) is 6. The van der Waals surface area contributed by atoms with Crippen molar-refractivity contribution in [1.29, 1.82) is 0 Å². The van der Waals surface area contributed by atoms with Crippen LogP contribution in [0.25, 0.3) is 0 Å². The van der Waals surface area contributed by atoms with Crippen molar-refractivity contribution in [2.75, 3.05) is 30.0 Å². The molecule has 0 atom stereocenters. The highest BCUT2D eigenvalue weighted by molar-refractivity contribution is 7.85. The van der Waals surface area contributed by atoms with E-state index in [1.807, 2.05) is 0 Å². The van der Waals surface area contributed by atoms with E-state index >= 15 is 0 Å². The van der Waals surface area contributed by atoms with E-state index in [4.69, 9.17) is 5.84 Å². The van der Waals surface area contributed by atoms with Gasteiger partial charge in [-0.15, -0.1) is 0 Å². The van der Waals surface area contributed by atoms with Crippen molar-refractivity contribution in [3.05, 3.63) is 18.1 Å². The Morgan fingerprint density at radius 1 is 1.38 bits per heavy atom. The Bertz CT molecular complexity index is 359. The standard InChI is InChI=1S/C9H15N5OS/c10-13-9-6-11-8(5-12-9)7-14-1-3-16(15)4-2-14/h5-6H,1-4,7,10H2,(H,12,13). The molecule has 0 amide bonds. The van der Waals surface area contributed by atoms with Crippen LogP contribution in [0.15, 0.2) is 12.4 Å². The van der Waals surface area contributed by atoms with Gasteiger partial charge in [0.15, 0.2) is 5.82 Å². The third-order valence-corrected chi connectivity index (χ3v) is 3.79. The molecular formula is C9H15N5OS. The average molecular weight is 241 g/mol. The fourth-order valence-corrected chi connectivity index (χ4v) is 2.70. The molecule has 1 aliphatic heterocycles. The van der Waals surface area contributed by atoms with Crippen LogP contribution in [0.2, 0.25) is 0 Å². The molecule has 3 N–H and O–H groups in total. The molecule has 1 fully saturated rings. The minimum absolute atomic E-state index is 0.559. The van der Waals surface area contributed by atoms with Gasteiger partial charge in [-0.05, 0) is 0 Å². The number of hydrogen-bond donors (Lipinski definition) is 2. The third kappa shape index (κ3) is 2.97. The SMILES string of the molecule is NNc1cnc(CN2CCS(=O)CC2)cn1. The van der Waals surface area contributed by atoms with Crippen LogP contribution < -0.4 is 11.3 Å². The third-order valence-electron chi connectivity index (χ3n) is 2.51. The number of anilines is 1. The van der Waals surface area contributed by atoms with E-state index in [9.17, 15) is 4.21 Å². The van der Waals surface area contributed by atoms with Crippen molar-refractivity contribution >= 4 is 16.6 Å². The van der Waals surface area contributed by atoms with E-state index in [0.717, 1.165) is 36.8 Å². The number of hydrazine groups is 1. The molecule has 16 heavy (non-hydrogen) atoms. The topological polar surface area (TPSA) is 84.1 Å². The first-order valence-corrected chi connectivity index (χ1v) is 6.61. The molecule has 1 aromatic heterocycles. The molecule has 6 nitrogen and oxygen atoms in total. The first-order chi connectivity index (χ1) is 7.78. The lowest BCUT2D eigenvalue weighted by Crippen LogP contribution is -2.37. The monoisotopic (exact) mass is 241 g/mol. The second-order valence-corrected chi connectivity index (χ2v) is 5.36. The summed E-state index contributed by atoms with van der Waals surface area (Å²) in [6.07, 6.45) is 3.32. The molecule has 0 saturated carbocycles. The van der Waals surface area contributed by atoms with Crippen molar-refractivity contribution in [2.45, 2.75) is 6.54 Å². The van der Waals surface area contributed by atoms with Gasteiger partial charge in [-0.1, -0.05) is 0 Å². The number of nitrogen functional groups attached to an aromatic ring is 1. The minimum atomic E-state index is -0.628. The molecule has 1 aliphatic rings. The summed E-state index contributed by atoms with van der Waals surface area (Å²) in [5.74, 6) is 7.28. The molecule has 0 aliphatic carbocycles. The number of nitrogens with one attached hydrogen (secondary N) is 1. The summed E-state index contributed by atoms with van der Waals surface area (Å²) in [7, 11) is -0.628. The fraction of sp³-hybridized carbons (Fsp3) is 0.556. The molecule has 7 heteroatoms. The number of nitrogens with two attached hydrogens (primary N) is 1. The predicted octanol–water partition coefficient (Wildman–Crippen LogP) is -0.673. The van der Waals surface area contributed by atoms with Crippen LogP contribution >= 0.6 is 0 Å². The van der Waals surface area contributed by atoms with E-state index in [0.29, 0.717) is 5.82 Å². The summed E-state index contributed by atoms with van der Waals surface area (Å²) >= 11 is 0. The predicted molar refractivity (Wildman–Crippen MR) is 63.0 cm³/mol. The van der Waals surface area contributed by atoms with Crippen molar-refractivity contribution in [3.63, 3.8) is 0 Å². The second kappa shape index (κ2) is 5.33. The molecule has 0 unspecified atom stereocenters. The molecule has 2 rings (SSSR count). The zero-order valence-corrected chi connectivity index (χ0v) is 9.74. The highest BCUT2D eigenvalue weighted by Crippen LogP contribution is 2.06. The zero-order valence-electron chi connectivity index (χ0n) is 8.93. The normalized spacial score (nSPS) is 18.6. The molecule has 1 saturated heterocycles. The number of rotatable bonds is 3. The van der Waals surface area contributed by atoms with Gasteiger partial charge < -0.3 is 5.43 Å². The molecule has 0 aromatic carbocycles. The van der Waals surface area contributed by atoms with Crippen LogP contribution in [0.1, 0.15) is 5.69 Å². The maximum absolute atomic E-state index is 11.2. The molecule has 2 heterocycles. The Balaban J connectivity index is 1.90. The summed E-state index contributed by atoms with van der Waals surface area (Å²) in [4.78, 5) is 10.6. The van der Waals surface area contributed by atoms with Crippen LogP contribution in [-0.2, 0) is 17.3 Å². The van der Waals surface area contributed by atoms with Gasteiger partial charge in [0.2, 0.25) is 0 Å². The van der Waals surface area contributed by atoms with Gasteiger partial charge in [-0.3, -0.25) is 14.1 Å². The molecule has 0 bridgehead atoms. The summed E-state index contributed by atoms with van der Waals surface area (Å²) in [6, 6.07) is 0. The van der Waals surface area contributed by atoms with Gasteiger partial charge in [0, 0.05) is 41.9 Å². The van der Waals surface area contributed by atoms with E-state index in [2.05, 4.69) is 20.3 Å². The van der Waals surface area contributed by atoms with Gasteiger partial charge >= 0.3 is 0 Å². The Labute approximate surface area is 96.7 Å². The van der Waals surface area contributed by atoms with E-state index < -0.39 is 10.8 Å². The van der Waals surface area contributed by atoms with Crippen LogP contribution in [0, 0.1) is 0 Å². The lowest BCUT2D eigenvalue weighted by molar-refractivity contribution is 0.287. The van der Waals surface area contributed by atoms with Crippen LogP contribution in [-0.4, -0.2) is 43.7 Å². The smallest absolute Gasteiger partial charge is 0.158 e. The van der Waals surface area contributed by atoms with Gasteiger partial charge in [0.25, 0.3) is 0 Å². The van der Waals surface area contributed by atoms with Crippen molar-refractivity contribution in [2.24, 2.45) is 5.84 Å². The molecule has 0 radical (unpaired) electrons. The summed E-state index contributed by atoms with van der Waals surface area (Å²) in [5.41, 5.74) is 3.35. The quantitative estimate of drug-likeness (QED) is 0.539. The van der Waals surface area contributed by atoms with Gasteiger partial charge in [0.1, 0.15) is 0 Å². The Morgan fingerprint density at radius 3 is 2.69 bits per heavy atom. The fourth-order valence-electron chi connectivity index (χ4n) is 1.57. The largest absolute Gasteiger partial charge is 0.307 e. The van der Waals surface area contributed by atoms with Crippen LogP contribution in [0.4, 0.5) is 5.82 Å². The van der Waals surface area contributed by atoms with E-state index in [1.54, 1.807) is 12.4 Å². The first kappa shape index (κ1) is 11.4. The van der Waals surface area contributed by atoms with E-state index in [1.165, 1.54) is 0 Å². The van der Waals surface area contributed by atoms with E-state index in [-0.39, 0.29) is 0 Å². The lowest BCUT2D eigenvalue weighted by atomic mass is 10.4. The van der Waals surface area contributed by atoms with Gasteiger partial charge in [0.05, 0.1) is 18.1 Å². The molecule has 1 aromatic rings. The van der Waals surface area contributed by atoms with Crippen molar-refractivity contribution < 1.29 is 4.21 Å². The maximum Gasteiger partial charge on any atom is 0.158 e. The first-order valence-electron chi connectivity index (χ1n) is 5.13. The highest BCUT2D eigenvalue weighted by Gasteiger charge is 2.15. The Morgan fingerprint density at radius 2 is 2.12 bits per heavy atom. The number of nitrogens with zero attached hydrogens (tertiary/aromatic N) is 3. The maximum atomic E-state index is 11.2. The summed E-state index contributed by atoms with van der Waals surface area (Å²) in [5, 5.41) is 0. The van der Waals surface area contributed by atoms with Crippen LogP contribution in [0.3, 0.4) is 0 Å². The van der Waals surface area contributed by atoms with Crippen LogP contribution in [0.5, 0.6) is 0 Å². The number of aromatic nitrogens is 2. The van der Waals surface area contributed by atoms with Gasteiger partial charge in [-0.2, -0.15) is 0 Å². The Kier molecular flexibility index (Phi) is 3.81. The zero-order chi connectivity index (χ0) is 11.4. The Hall–Kier alpha value is -1.05. The van der Waals surface area contributed by atoms with Gasteiger partial charge in [-0.25, -0.2) is 10.8 Å².